The molecule has 126 valence electrons. The fourth-order valence-corrected chi connectivity index (χ4v) is 2.01. The van der Waals surface area contributed by atoms with Crippen LogP contribution in [0.3, 0.4) is 0 Å². The third-order valence-corrected chi connectivity index (χ3v) is 3.21. The van der Waals surface area contributed by atoms with Crippen molar-refractivity contribution in [1.82, 2.24) is 5.32 Å². The van der Waals surface area contributed by atoms with E-state index < -0.39 is 18.0 Å². The number of oxime groups is 1. The quantitative estimate of drug-likeness (QED) is 0.324. The van der Waals surface area contributed by atoms with Gasteiger partial charge in [-0.1, -0.05) is 31.1 Å². The molecule has 0 saturated carbocycles. The topological polar surface area (TPSA) is 100 Å². The maximum atomic E-state index is 12.0. The van der Waals surface area contributed by atoms with Crippen molar-refractivity contribution < 1.29 is 19.5 Å². The molecule has 0 spiro atoms. The Morgan fingerprint density at radius 1 is 1.26 bits per heavy atom. The molecule has 1 rings (SSSR count). The van der Waals surface area contributed by atoms with E-state index in [4.69, 9.17) is 9.94 Å². The zero-order valence-corrected chi connectivity index (χ0v) is 13.8. The monoisotopic (exact) mass is 321 g/mol. The van der Waals surface area contributed by atoms with Gasteiger partial charge in [0.1, 0.15) is 6.04 Å². The molecule has 3 N–H and O–H groups in total. The molecule has 2 amide bonds. The summed E-state index contributed by atoms with van der Waals surface area (Å²) in [6.07, 6.45) is 0.491. The van der Waals surface area contributed by atoms with Crippen LogP contribution in [0.5, 0.6) is 0 Å². The summed E-state index contributed by atoms with van der Waals surface area (Å²) >= 11 is 0. The van der Waals surface area contributed by atoms with Crippen LogP contribution in [0, 0.1) is 5.92 Å². The number of benzene rings is 1. The van der Waals surface area contributed by atoms with Crippen LogP contribution in [0.1, 0.15) is 32.8 Å². The molecule has 0 aromatic heterocycles. The van der Waals surface area contributed by atoms with Crippen molar-refractivity contribution in [1.29, 1.82) is 0 Å². The number of carbonyl (C=O) groups excluding carboxylic acids is 2. The first-order chi connectivity index (χ1) is 10.9. The molecule has 7 nitrogen and oxygen atoms in total. The molecule has 1 aromatic carbocycles. The molecule has 0 radical (unpaired) electrons. The highest BCUT2D eigenvalue weighted by Crippen LogP contribution is 2.11. The number of esters is 1. The van der Waals surface area contributed by atoms with Gasteiger partial charge in [0.2, 0.25) is 0 Å². The average Bonchev–Trinajstić information content (AvgIpc) is 2.52. The lowest BCUT2D eigenvalue weighted by atomic mass is 10.0. The Morgan fingerprint density at radius 3 is 2.35 bits per heavy atom. The first kappa shape index (κ1) is 18.5. The Bertz CT molecular complexity index is 567. The first-order valence-corrected chi connectivity index (χ1v) is 7.31. The molecule has 23 heavy (non-hydrogen) atoms. The van der Waals surface area contributed by atoms with Gasteiger partial charge >= 0.3 is 12.0 Å². The van der Waals surface area contributed by atoms with Gasteiger partial charge in [0.05, 0.1) is 12.8 Å². The zero-order valence-electron chi connectivity index (χ0n) is 13.8. The number of nitrogens with one attached hydrogen (secondary N) is 2. The van der Waals surface area contributed by atoms with E-state index in [1.165, 1.54) is 7.11 Å². The van der Waals surface area contributed by atoms with Gasteiger partial charge in [0.25, 0.3) is 0 Å². The van der Waals surface area contributed by atoms with Gasteiger partial charge in [-0.05, 0) is 37.0 Å². The molecule has 1 aromatic rings. The maximum absolute atomic E-state index is 12.0. The van der Waals surface area contributed by atoms with Gasteiger partial charge in [0, 0.05) is 5.69 Å². The van der Waals surface area contributed by atoms with E-state index in [0.717, 1.165) is 5.56 Å². The lowest BCUT2D eigenvalue weighted by Crippen LogP contribution is -2.44. The van der Waals surface area contributed by atoms with Crippen LogP contribution >= 0.6 is 0 Å². The summed E-state index contributed by atoms with van der Waals surface area (Å²) in [7, 11) is 1.29. The predicted octanol–water partition coefficient (Wildman–Crippen LogP) is 2.59. The first-order valence-electron chi connectivity index (χ1n) is 7.31. The van der Waals surface area contributed by atoms with Crippen LogP contribution in [0.25, 0.3) is 0 Å². The summed E-state index contributed by atoms with van der Waals surface area (Å²) in [6, 6.07) is 5.62. The third-order valence-electron chi connectivity index (χ3n) is 3.21. The molecule has 7 heteroatoms. The van der Waals surface area contributed by atoms with E-state index in [1.807, 2.05) is 13.8 Å². The van der Waals surface area contributed by atoms with Crippen LogP contribution in [0.4, 0.5) is 10.5 Å². The number of amides is 2. The van der Waals surface area contributed by atoms with Crippen LogP contribution < -0.4 is 10.6 Å². The molecule has 0 bridgehead atoms. The van der Waals surface area contributed by atoms with Gasteiger partial charge in [-0.25, -0.2) is 9.59 Å². The molecule has 0 saturated heterocycles. The van der Waals surface area contributed by atoms with Gasteiger partial charge in [-0.15, -0.1) is 0 Å². The van der Waals surface area contributed by atoms with Crippen molar-refractivity contribution in [3.63, 3.8) is 0 Å². The second-order valence-electron chi connectivity index (χ2n) is 5.57. The summed E-state index contributed by atoms with van der Waals surface area (Å²) in [5.41, 5.74) is 1.78. The fourth-order valence-electron chi connectivity index (χ4n) is 2.01. The van der Waals surface area contributed by atoms with Crippen molar-refractivity contribution in [3.8, 4) is 0 Å². The summed E-state index contributed by atoms with van der Waals surface area (Å²) < 4.78 is 4.70. The number of anilines is 1. The van der Waals surface area contributed by atoms with Crippen LogP contribution in [0.15, 0.2) is 29.4 Å². The number of methoxy groups -OCH3 is 1. The van der Waals surface area contributed by atoms with E-state index >= 15 is 0 Å². The van der Waals surface area contributed by atoms with Crippen LogP contribution in [-0.2, 0) is 9.53 Å². The van der Waals surface area contributed by atoms with E-state index in [1.54, 1.807) is 31.2 Å². The Hall–Kier alpha value is -2.57. The largest absolute Gasteiger partial charge is 0.467 e. The van der Waals surface area contributed by atoms with Crippen molar-refractivity contribution >= 4 is 23.4 Å². The number of urea groups is 1. The summed E-state index contributed by atoms with van der Waals surface area (Å²) in [5, 5.41) is 17.1. The second-order valence-corrected chi connectivity index (χ2v) is 5.57. The molecule has 0 heterocycles. The molecule has 0 fully saturated rings. The predicted molar refractivity (Wildman–Crippen MR) is 87.9 cm³/mol. The van der Waals surface area contributed by atoms with Crippen LogP contribution in [0.2, 0.25) is 0 Å². The normalized spacial score (nSPS) is 12.7. The van der Waals surface area contributed by atoms with Crippen molar-refractivity contribution in [3.05, 3.63) is 29.8 Å². The van der Waals surface area contributed by atoms with E-state index in [2.05, 4.69) is 15.8 Å². The number of nitrogens with zero attached hydrogens (tertiary/aromatic N) is 1. The minimum absolute atomic E-state index is 0.236. The number of rotatable bonds is 6. The highest BCUT2D eigenvalue weighted by molar-refractivity contribution is 5.99. The number of hydrogen-bond acceptors (Lipinski definition) is 5. The lowest BCUT2D eigenvalue weighted by molar-refractivity contribution is -0.143. The number of hydrogen-bond donors (Lipinski definition) is 3. The van der Waals surface area contributed by atoms with E-state index in [-0.39, 0.29) is 5.92 Å². The SMILES string of the molecule is COC(=O)C(CC(C)C)NC(=O)Nc1ccc(/C(C)=N/O)cc1. The Labute approximate surface area is 135 Å². The van der Waals surface area contributed by atoms with Gasteiger partial charge in [0.15, 0.2) is 0 Å². The average molecular weight is 321 g/mol. The smallest absolute Gasteiger partial charge is 0.328 e. The molecular weight excluding hydrogens is 298 g/mol. The molecule has 0 aliphatic heterocycles. The van der Waals surface area contributed by atoms with Gasteiger partial charge in [-0.2, -0.15) is 0 Å². The molecule has 0 aliphatic rings. The Morgan fingerprint density at radius 2 is 1.87 bits per heavy atom. The van der Waals surface area contributed by atoms with Gasteiger partial charge in [-0.3, -0.25) is 0 Å². The number of carbonyl (C=O) groups is 2. The van der Waals surface area contributed by atoms with Crippen molar-refractivity contribution in [2.45, 2.75) is 33.2 Å². The lowest BCUT2D eigenvalue weighted by Gasteiger charge is -2.18. The second kappa shape index (κ2) is 8.77. The minimum Gasteiger partial charge on any atom is -0.467 e. The molecule has 1 atom stereocenters. The third kappa shape index (κ3) is 5.98. The Kier molecular flexibility index (Phi) is 7.05. The van der Waals surface area contributed by atoms with E-state index in [9.17, 15) is 9.59 Å². The van der Waals surface area contributed by atoms with E-state index in [0.29, 0.717) is 17.8 Å². The maximum Gasteiger partial charge on any atom is 0.328 e. The minimum atomic E-state index is -0.692. The standard InChI is InChI=1S/C16H23N3O4/c1-10(2)9-14(15(20)23-4)18-16(21)17-13-7-5-12(6-8-13)11(3)19-22/h5-8,10,14,22H,9H2,1-4H3,(H2,17,18,21)/b19-11+. The summed E-state index contributed by atoms with van der Waals surface area (Å²) in [6.45, 7) is 5.58. The number of ether oxygens (including phenoxy) is 1. The van der Waals surface area contributed by atoms with Crippen molar-refractivity contribution in [2.24, 2.45) is 11.1 Å². The highest BCUT2D eigenvalue weighted by atomic mass is 16.5. The Balaban J connectivity index is 2.68. The summed E-state index contributed by atoms with van der Waals surface area (Å²) in [4.78, 5) is 23.7. The highest BCUT2D eigenvalue weighted by Gasteiger charge is 2.22. The molecule has 0 aliphatic carbocycles. The molecule has 1 unspecified atom stereocenters. The fraction of sp³-hybridized carbons (Fsp3) is 0.438. The van der Waals surface area contributed by atoms with Gasteiger partial charge < -0.3 is 20.6 Å². The summed E-state index contributed by atoms with van der Waals surface area (Å²) in [5.74, 6) is -0.238. The zero-order chi connectivity index (χ0) is 17.4. The van der Waals surface area contributed by atoms with Crippen LogP contribution in [-0.4, -0.2) is 36.1 Å². The van der Waals surface area contributed by atoms with Crippen molar-refractivity contribution in [2.75, 3.05) is 12.4 Å². The molecular formula is C16H23N3O4.